The minimum atomic E-state index is 0.716. The molecular weight excluding hydrogens is 286 g/mol. The molecule has 2 aromatic heterocycles. The summed E-state index contributed by atoms with van der Waals surface area (Å²) in [5.41, 5.74) is 1.59. The fourth-order valence-electron chi connectivity index (χ4n) is 0.899. The molecule has 0 saturated carbocycles. The molecule has 0 radical (unpaired) electrons. The Hall–Kier alpha value is -0.550. The number of fused-ring (bicyclic) bond motifs is 1. The second-order valence-electron chi connectivity index (χ2n) is 2.15. The highest BCUT2D eigenvalue weighted by atomic mass is 79.9. The summed E-state index contributed by atoms with van der Waals surface area (Å²) in [5.74, 6) is 0. The summed E-state index contributed by atoms with van der Waals surface area (Å²) in [6.45, 7) is 0. The Balaban J connectivity index is 2.95. The summed E-state index contributed by atoms with van der Waals surface area (Å²) >= 11 is 6.64. The fourth-order valence-corrected chi connectivity index (χ4v) is 1.68. The van der Waals surface area contributed by atoms with Crippen LogP contribution in [0.15, 0.2) is 27.7 Å². The van der Waals surface area contributed by atoms with Gasteiger partial charge in [-0.25, -0.2) is 4.98 Å². The van der Waals surface area contributed by atoms with Crippen LogP contribution in [0.1, 0.15) is 0 Å². The number of hydrogen-bond donors (Lipinski definition) is 0. The van der Waals surface area contributed by atoms with E-state index in [9.17, 15) is 0 Å². The number of aromatic nitrogens is 3. The minimum absolute atomic E-state index is 0.716. The Morgan fingerprint density at radius 1 is 0.917 bits per heavy atom. The van der Waals surface area contributed by atoms with E-state index in [4.69, 9.17) is 0 Å². The van der Waals surface area contributed by atoms with Crippen LogP contribution in [-0.2, 0) is 0 Å². The second-order valence-corrected chi connectivity index (χ2v) is 3.76. The van der Waals surface area contributed by atoms with Crippen molar-refractivity contribution in [3.63, 3.8) is 0 Å². The highest BCUT2D eigenvalue weighted by Gasteiger charge is 2.04. The van der Waals surface area contributed by atoms with Crippen molar-refractivity contribution < 1.29 is 0 Å². The first-order chi connectivity index (χ1) is 5.79. The van der Waals surface area contributed by atoms with Crippen molar-refractivity contribution in [1.29, 1.82) is 0 Å². The molecule has 2 heterocycles. The van der Waals surface area contributed by atoms with Crippen molar-refractivity contribution in [3.8, 4) is 0 Å². The minimum Gasteiger partial charge on any atom is -0.252 e. The molecule has 0 aliphatic heterocycles. The van der Waals surface area contributed by atoms with Gasteiger partial charge in [0.2, 0.25) is 0 Å². The van der Waals surface area contributed by atoms with Gasteiger partial charge in [0, 0.05) is 18.6 Å². The molecule has 0 aliphatic rings. The fraction of sp³-hybridized carbons (Fsp3) is 0. The van der Waals surface area contributed by atoms with E-state index in [1.54, 1.807) is 18.6 Å². The molecular formula is C7H3Br2N3. The van der Waals surface area contributed by atoms with Gasteiger partial charge in [0.15, 0.2) is 0 Å². The first-order valence-electron chi connectivity index (χ1n) is 3.20. The summed E-state index contributed by atoms with van der Waals surface area (Å²) in [5, 5.41) is 0. The molecule has 2 rings (SSSR count). The first kappa shape index (κ1) is 8.07. The summed E-state index contributed by atoms with van der Waals surface area (Å²) in [6.07, 6.45) is 4.99. The zero-order valence-corrected chi connectivity index (χ0v) is 9.00. The SMILES string of the molecule is Brc1cnc(Br)c2nccnc12. The third kappa shape index (κ3) is 1.23. The maximum Gasteiger partial charge on any atom is 0.133 e. The Kier molecular flexibility index (Phi) is 2.06. The van der Waals surface area contributed by atoms with Crippen LogP contribution in [0.25, 0.3) is 11.0 Å². The van der Waals surface area contributed by atoms with Gasteiger partial charge < -0.3 is 0 Å². The molecule has 0 aliphatic carbocycles. The van der Waals surface area contributed by atoms with E-state index in [1.165, 1.54) is 0 Å². The summed E-state index contributed by atoms with van der Waals surface area (Å²) in [6, 6.07) is 0. The molecule has 0 N–H and O–H groups in total. The van der Waals surface area contributed by atoms with Crippen LogP contribution in [0.3, 0.4) is 0 Å². The lowest BCUT2D eigenvalue weighted by Crippen LogP contribution is -1.87. The smallest absolute Gasteiger partial charge is 0.133 e. The number of nitrogens with zero attached hydrogens (tertiary/aromatic N) is 3. The molecule has 0 atom stereocenters. The van der Waals surface area contributed by atoms with Gasteiger partial charge in [-0.2, -0.15) is 0 Å². The van der Waals surface area contributed by atoms with Crippen LogP contribution in [0.2, 0.25) is 0 Å². The molecule has 12 heavy (non-hydrogen) atoms. The average molecular weight is 289 g/mol. The van der Waals surface area contributed by atoms with Gasteiger partial charge in [-0.3, -0.25) is 9.97 Å². The van der Waals surface area contributed by atoms with E-state index >= 15 is 0 Å². The van der Waals surface area contributed by atoms with Gasteiger partial charge in [-0.1, -0.05) is 0 Å². The Labute approximate surface area is 85.5 Å². The van der Waals surface area contributed by atoms with Crippen LogP contribution in [0, 0.1) is 0 Å². The Morgan fingerprint density at radius 2 is 1.58 bits per heavy atom. The van der Waals surface area contributed by atoms with Crippen LogP contribution in [-0.4, -0.2) is 15.0 Å². The Bertz CT molecular complexity index is 389. The first-order valence-corrected chi connectivity index (χ1v) is 4.78. The lowest BCUT2D eigenvalue weighted by molar-refractivity contribution is 1.21. The van der Waals surface area contributed by atoms with E-state index in [0.29, 0.717) is 4.60 Å². The van der Waals surface area contributed by atoms with E-state index in [1.807, 2.05) is 0 Å². The summed E-state index contributed by atoms with van der Waals surface area (Å²) in [7, 11) is 0. The molecule has 0 unspecified atom stereocenters. The molecule has 5 heteroatoms. The van der Waals surface area contributed by atoms with Crippen LogP contribution in [0.5, 0.6) is 0 Å². The maximum absolute atomic E-state index is 4.16. The van der Waals surface area contributed by atoms with Crippen LogP contribution < -0.4 is 0 Å². The van der Waals surface area contributed by atoms with E-state index in [2.05, 4.69) is 46.8 Å². The Morgan fingerprint density at radius 3 is 2.25 bits per heavy atom. The molecule has 60 valence electrons. The predicted octanol–water partition coefficient (Wildman–Crippen LogP) is 2.55. The maximum atomic E-state index is 4.16. The standard InChI is InChI=1S/C7H3Br2N3/c8-4-3-12-7(9)6-5(4)10-1-2-11-6/h1-3H. The average Bonchev–Trinajstić information content (AvgIpc) is 2.12. The highest BCUT2D eigenvalue weighted by Crippen LogP contribution is 2.23. The largest absolute Gasteiger partial charge is 0.252 e. The van der Waals surface area contributed by atoms with Gasteiger partial charge in [-0.05, 0) is 31.9 Å². The normalized spacial score (nSPS) is 10.5. The van der Waals surface area contributed by atoms with Gasteiger partial charge in [0.1, 0.15) is 15.6 Å². The van der Waals surface area contributed by atoms with Crippen molar-refractivity contribution in [2.24, 2.45) is 0 Å². The van der Waals surface area contributed by atoms with Crippen molar-refractivity contribution in [3.05, 3.63) is 27.7 Å². The quantitative estimate of drug-likeness (QED) is 0.700. The molecule has 0 bridgehead atoms. The topological polar surface area (TPSA) is 38.7 Å². The van der Waals surface area contributed by atoms with Gasteiger partial charge >= 0.3 is 0 Å². The zero-order valence-electron chi connectivity index (χ0n) is 5.83. The third-order valence-corrected chi connectivity index (χ3v) is 2.57. The van der Waals surface area contributed by atoms with Crippen molar-refractivity contribution >= 4 is 42.9 Å². The van der Waals surface area contributed by atoms with Crippen LogP contribution in [0.4, 0.5) is 0 Å². The molecule has 3 nitrogen and oxygen atoms in total. The zero-order chi connectivity index (χ0) is 8.55. The number of pyridine rings is 1. The highest BCUT2D eigenvalue weighted by molar-refractivity contribution is 9.11. The lowest BCUT2D eigenvalue weighted by atomic mass is 10.4. The molecule has 0 aromatic carbocycles. The van der Waals surface area contributed by atoms with E-state index < -0.39 is 0 Å². The van der Waals surface area contributed by atoms with E-state index in [-0.39, 0.29) is 0 Å². The lowest BCUT2D eigenvalue weighted by Gasteiger charge is -1.98. The van der Waals surface area contributed by atoms with Gasteiger partial charge in [0.25, 0.3) is 0 Å². The number of halogens is 2. The van der Waals surface area contributed by atoms with E-state index in [0.717, 1.165) is 15.5 Å². The predicted molar refractivity (Wildman–Crippen MR) is 52.7 cm³/mol. The van der Waals surface area contributed by atoms with Crippen molar-refractivity contribution in [2.45, 2.75) is 0 Å². The summed E-state index contributed by atoms with van der Waals surface area (Å²) in [4.78, 5) is 12.4. The van der Waals surface area contributed by atoms with Crippen molar-refractivity contribution in [1.82, 2.24) is 15.0 Å². The monoisotopic (exact) mass is 287 g/mol. The molecule has 0 spiro atoms. The van der Waals surface area contributed by atoms with Crippen LogP contribution >= 0.6 is 31.9 Å². The molecule has 0 amide bonds. The van der Waals surface area contributed by atoms with Gasteiger partial charge in [-0.15, -0.1) is 0 Å². The second kappa shape index (κ2) is 3.06. The van der Waals surface area contributed by atoms with Crippen molar-refractivity contribution in [2.75, 3.05) is 0 Å². The summed E-state index contributed by atoms with van der Waals surface area (Å²) < 4.78 is 1.57. The number of hydrogen-bond acceptors (Lipinski definition) is 3. The molecule has 0 fully saturated rings. The molecule has 0 saturated heterocycles. The van der Waals surface area contributed by atoms with Gasteiger partial charge in [0.05, 0.1) is 4.47 Å². The number of rotatable bonds is 0. The molecule has 2 aromatic rings. The third-order valence-electron chi connectivity index (χ3n) is 1.41.